The Bertz CT molecular complexity index is 977. The number of imidazole rings is 1. The minimum atomic E-state index is 0.162. The molecule has 1 N–H and O–H groups in total. The number of nitrogens with zero attached hydrogens (tertiary/aromatic N) is 4. The Morgan fingerprint density at radius 3 is 2.93 bits per heavy atom. The standard InChI is InChI=1S/C22H27N5O2/c1-3-13-27-18-10-14-26(15-17(18)21(25-27)22-23-11-12-24-22)20(28)9-8-16-6-4-5-7-19(16)29-2/h4-7,11-12H,3,8-10,13-15H2,1-2H3,(H,23,24). The smallest absolute Gasteiger partial charge is 0.223 e. The number of aromatic amines is 1. The maximum Gasteiger partial charge on any atom is 0.223 e. The monoisotopic (exact) mass is 393 g/mol. The number of hydrogen-bond acceptors (Lipinski definition) is 4. The Hall–Kier alpha value is -3.09. The zero-order chi connectivity index (χ0) is 20.2. The Labute approximate surface area is 170 Å². The lowest BCUT2D eigenvalue weighted by Gasteiger charge is -2.28. The van der Waals surface area contributed by atoms with E-state index in [1.807, 2.05) is 29.2 Å². The number of rotatable bonds is 7. The molecule has 1 amide bonds. The van der Waals surface area contributed by atoms with Gasteiger partial charge in [0.05, 0.1) is 7.11 Å². The van der Waals surface area contributed by atoms with E-state index >= 15 is 0 Å². The lowest BCUT2D eigenvalue weighted by Crippen LogP contribution is -2.36. The molecule has 0 atom stereocenters. The number of carbonyl (C=O) groups is 1. The van der Waals surface area contributed by atoms with Crippen LogP contribution in [0.1, 0.15) is 36.6 Å². The van der Waals surface area contributed by atoms with E-state index in [-0.39, 0.29) is 5.91 Å². The van der Waals surface area contributed by atoms with Gasteiger partial charge in [-0.1, -0.05) is 25.1 Å². The number of carbonyl (C=O) groups excluding carboxylic acids is 1. The number of methoxy groups -OCH3 is 1. The molecule has 7 heteroatoms. The van der Waals surface area contributed by atoms with Gasteiger partial charge in [-0.05, 0) is 24.5 Å². The van der Waals surface area contributed by atoms with Crippen molar-refractivity contribution in [2.75, 3.05) is 13.7 Å². The summed E-state index contributed by atoms with van der Waals surface area (Å²) in [6.07, 6.45) is 6.52. The van der Waals surface area contributed by atoms with Gasteiger partial charge >= 0.3 is 0 Å². The molecule has 3 aromatic rings. The Balaban J connectivity index is 1.51. The van der Waals surface area contributed by atoms with Gasteiger partial charge in [0, 0.05) is 56.1 Å². The van der Waals surface area contributed by atoms with Gasteiger partial charge in [-0.25, -0.2) is 4.98 Å². The quantitative estimate of drug-likeness (QED) is 0.669. The average Bonchev–Trinajstić information content (AvgIpc) is 3.40. The van der Waals surface area contributed by atoms with Gasteiger partial charge in [0.15, 0.2) is 5.82 Å². The average molecular weight is 393 g/mol. The molecule has 1 aromatic carbocycles. The summed E-state index contributed by atoms with van der Waals surface area (Å²) in [4.78, 5) is 22.4. The van der Waals surface area contributed by atoms with E-state index in [0.717, 1.165) is 54.3 Å². The molecule has 0 radical (unpaired) electrons. The number of nitrogens with one attached hydrogen (secondary N) is 1. The lowest BCUT2D eigenvalue weighted by molar-refractivity contribution is -0.132. The minimum absolute atomic E-state index is 0.162. The van der Waals surface area contributed by atoms with Crippen LogP contribution in [0.15, 0.2) is 36.7 Å². The normalized spacial score (nSPS) is 13.4. The number of aryl methyl sites for hydroxylation is 2. The largest absolute Gasteiger partial charge is 0.496 e. The summed E-state index contributed by atoms with van der Waals surface area (Å²) in [5.41, 5.74) is 4.27. The van der Waals surface area contributed by atoms with E-state index < -0.39 is 0 Å². The number of aromatic nitrogens is 4. The molecule has 29 heavy (non-hydrogen) atoms. The Kier molecular flexibility index (Phi) is 5.64. The van der Waals surface area contributed by atoms with Crippen molar-refractivity contribution in [3.8, 4) is 17.3 Å². The molecule has 0 aliphatic carbocycles. The van der Waals surface area contributed by atoms with Crippen LogP contribution in [0.3, 0.4) is 0 Å². The van der Waals surface area contributed by atoms with Crippen molar-refractivity contribution in [2.45, 2.75) is 45.7 Å². The van der Waals surface area contributed by atoms with E-state index in [2.05, 4.69) is 21.6 Å². The van der Waals surface area contributed by atoms with Gasteiger partial charge < -0.3 is 14.6 Å². The zero-order valence-corrected chi connectivity index (χ0v) is 17.0. The summed E-state index contributed by atoms with van der Waals surface area (Å²) in [6, 6.07) is 7.88. The summed E-state index contributed by atoms with van der Waals surface area (Å²) in [5, 5.41) is 4.80. The summed E-state index contributed by atoms with van der Waals surface area (Å²) in [6.45, 7) is 4.34. The van der Waals surface area contributed by atoms with Crippen LogP contribution in [0.4, 0.5) is 0 Å². The van der Waals surface area contributed by atoms with Crippen molar-refractivity contribution < 1.29 is 9.53 Å². The molecule has 3 heterocycles. The number of hydrogen-bond donors (Lipinski definition) is 1. The van der Waals surface area contributed by atoms with Crippen LogP contribution in [0, 0.1) is 0 Å². The fraction of sp³-hybridized carbons (Fsp3) is 0.409. The van der Waals surface area contributed by atoms with E-state index in [4.69, 9.17) is 9.84 Å². The van der Waals surface area contributed by atoms with E-state index in [1.165, 1.54) is 5.69 Å². The number of H-pyrrole nitrogens is 1. The SMILES string of the molecule is CCCn1nc(-c2ncc[nH]2)c2c1CCN(C(=O)CCc1ccccc1OC)C2. The molecular formula is C22H27N5O2. The van der Waals surface area contributed by atoms with E-state index in [1.54, 1.807) is 19.5 Å². The van der Waals surface area contributed by atoms with Crippen LogP contribution in [0.2, 0.25) is 0 Å². The summed E-state index contributed by atoms with van der Waals surface area (Å²) in [5.74, 6) is 1.76. The van der Waals surface area contributed by atoms with Crippen LogP contribution >= 0.6 is 0 Å². The molecular weight excluding hydrogens is 366 g/mol. The van der Waals surface area contributed by atoms with Crippen molar-refractivity contribution >= 4 is 5.91 Å². The molecule has 0 bridgehead atoms. The highest BCUT2D eigenvalue weighted by Gasteiger charge is 2.28. The predicted molar refractivity (Wildman–Crippen MR) is 111 cm³/mol. The van der Waals surface area contributed by atoms with Crippen molar-refractivity contribution in [3.05, 3.63) is 53.5 Å². The van der Waals surface area contributed by atoms with E-state index in [0.29, 0.717) is 19.4 Å². The summed E-state index contributed by atoms with van der Waals surface area (Å²) < 4.78 is 7.49. The van der Waals surface area contributed by atoms with Gasteiger partial charge in [-0.2, -0.15) is 5.10 Å². The van der Waals surface area contributed by atoms with Crippen molar-refractivity contribution in [1.82, 2.24) is 24.6 Å². The molecule has 2 aromatic heterocycles. The molecule has 1 aliphatic heterocycles. The highest BCUT2D eigenvalue weighted by molar-refractivity contribution is 5.77. The fourth-order valence-electron chi connectivity index (χ4n) is 3.99. The number of amides is 1. The second-order valence-corrected chi connectivity index (χ2v) is 7.31. The molecule has 7 nitrogen and oxygen atoms in total. The van der Waals surface area contributed by atoms with Gasteiger partial charge in [-0.15, -0.1) is 0 Å². The third-order valence-corrected chi connectivity index (χ3v) is 5.45. The van der Waals surface area contributed by atoms with Gasteiger partial charge in [0.1, 0.15) is 11.4 Å². The highest BCUT2D eigenvalue weighted by atomic mass is 16.5. The lowest BCUT2D eigenvalue weighted by atomic mass is 10.0. The molecule has 152 valence electrons. The number of ether oxygens (including phenoxy) is 1. The number of para-hydroxylation sites is 1. The van der Waals surface area contributed by atoms with Crippen LogP contribution in [-0.4, -0.2) is 44.2 Å². The second kappa shape index (κ2) is 8.51. The van der Waals surface area contributed by atoms with Gasteiger partial charge in [-0.3, -0.25) is 9.48 Å². The fourth-order valence-corrected chi connectivity index (χ4v) is 3.99. The first kappa shape index (κ1) is 19.2. The summed E-state index contributed by atoms with van der Waals surface area (Å²) >= 11 is 0. The van der Waals surface area contributed by atoms with Crippen molar-refractivity contribution in [3.63, 3.8) is 0 Å². The Morgan fingerprint density at radius 1 is 1.31 bits per heavy atom. The zero-order valence-electron chi connectivity index (χ0n) is 17.0. The maximum atomic E-state index is 12.9. The summed E-state index contributed by atoms with van der Waals surface area (Å²) in [7, 11) is 1.66. The number of fused-ring (bicyclic) bond motifs is 1. The second-order valence-electron chi connectivity index (χ2n) is 7.31. The first-order valence-electron chi connectivity index (χ1n) is 10.2. The number of benzene rings is 1. The van der Waals surface area contributed by atoms with Gasteiger partial charge in [0.2, 0.25) is 5.91 Å². The molecule has 4 rings (SSSR count). The van der Waals surface area contributed by atoms with Crippen LogP contribution in [-0.2, 0) is 30.7 Å². The van der Waals surface area contributed by atoms with Crippen molar-refractivity contribution in [1.29, 1.82) is 0 Å². The van der Waals surface area contributed by atoms with Crippen LogP contribution in [0.25, 0.3) is 11.5 Å². The van der Waals surface area contributed by atoms with Crippen molar-refractivity contribution in [2.24, 2.45) is 0 Å². The first-order chi connectivity index (χ1) is 14.2. The third-order valence-electron chi connectivity index (χ3n) is 5.45. The third kappa shape index (κ3) is 3.90. The molecule has 0 saturated heterocycles. The predicted octanol–water partition coefficient (Wildman–Crippen LogP) is 3.21. The first-order valence-corrected chi connectivity index (χ1v) is 10.2. The Morgan fingerprint density at radius 2 is 2.17 bits per heavy atom. The maximum absolute atomic E-state index is 12.9. The van der Waals surface area contributed by atoms with Crippen LogP contribution in [0.5, 0.6) is 5.75 Å². The molecule has 1 aliphatic rings. The highest BCUT2D eigenvalue weighted by Crippen LogP contribution is 2.29. The minimum Gasteiger partial charge on any atom is -0.496 e. The molecule has 0 fully saturated rings. The van der Waals surface area contributed by atoms with Crippen LogP contribution < -0.4 is 4.74 Å². The molecule has 0 unspecified atom stereocenters. The molecule has 0 spiro atoms. The van der Waals surface area contributed by atoms with Gasteiger partial charge in [0.25, 0.3) is 0 Å². The van der Waals surface area contributed by atoms with E-state index in [9.17, 15) is 4.79 Å². The topological polar surface area (TPSA) is 76.0 Å². The molecule has 0 saturated carbocycles.